The van der Waals surface area contributed by atoms with Gasteiger partial charge in [0.25, 0.3) is 25.8 Å². The van der Waals surface area contributed by atoms with Gasteiger partial charge in [0.15, 0.2) is 11.6 Å². The molecule has 6 rings (SSSR count). The molecule has 47 heavy (non-hydrogen) atoms. The van der Waals surface area contributed by atoms with E-state index in [0.717, 1.165) is 12.1 Å². The Kier molecular flexibility index (Phi) is 8.10. The quantitative estimate of drug-likeness (QED) is 0.0520. The molecule has 0 unspecified atom stereocenters. The number of hydrogen-bond acceptors (Lipinski definition) is 12. The van der Waals surface area contributed by atoms with E-state index in [-0.39, 0.29) is 51.5 Å². The zero-order chi connectivity index (χ0) is 33.8. The van der Waals surface area contributed by atoms with Crippen LogP contribution in [-0.4, -0.2) is 47.3 Å². The van der Waals surface area contributed by atoms with Crippen LogP contribution in [0.25, 0.3) is 22.0 Å². The summed E-state index contributed by atoms with van der Waals surface area (Å²) in [5, 5.41) is 15.1. The smallest absolute Gasteiger partial charge is 0.296 e. The predicted molar refractivity (Wildman–Crippen MR) is 170 cm³/mol. The van der Waals surface area contributed by atoms with E-state index in [0.29, 0.717) is 28.6 Å². The molecule has 1 aromatic heterocycles. The zero-order valence-electron chi connectivity index (χ0n) is 23.7. The first-order valence-electron chi connectivity index (χ1n) is 13.2. The van der Waals surface area contributed by atoms with Gasteiger partial charge in [-0.2, -0.15) is 16.8 Å². The molecule has 1 aliphatic rings. The van der Waals surface area contributed by atoms with E-state index >= 15 is 0 Å². The van der Waals surface area contributed by atoms with Crippen molar-refractivity contribution in [2.75, 3.05) is 5.32 Å². The van der Waals surface area contributed by atoms with Crippen molar-refractivity contribution in [2.24, 2.45) is 7.05 Å². The molecule has 5 aromatic rings. The highest BCUT2D eigenvalue weighted by Crippen LogP contribution is 2.44. The number of benzene rings is 4. The second-order valence-corrected chi connectivity index (χ2v) is 13.8. The maximum atomic E-state index is 14.1. The Morgan fingerprint density at radius 1 is 0.851 bits per heavy atom. The van der Waals surface area contributed by atoms with E-state index in [1.54, 1.807) is 24.3 Å². The Hall–Kier alpha value is -4.72. The highest BCUT2D eigenvalue weighted by molar-refractivity contribution is 7.94. The highest BCUT2D eigenvalue weighted by atomic mass is 32.2. The maximum Gasteiger partial charge on any atom is 0.296 e. The van der Waals surface area contributed by atoms with Gasteiger partial charge < -0.3 is 9.88 Å². The summed E-state index contributed by atoms with van der Waals surface area (Å²) in [4.78, 5) is 40.8. The van der Waals surface area contributed by atoms with Gasteiger partial charge in [0.05, 0.1) is 45.0 Å². The molecule has 1 aliphatic carbocycles. The van der Waals surface area contributed by atoms with Gasteiger partial charge in [-0.25, -0.2) is 5.26 Å². The monoisotopic (exact) mass is 698 g/mol. The Bertz CT molecular complexity index is 2460. The first-order valence-corrected chi connectivity index (χ1v) is 16.8. The molecule has 0 saturated heterocycles. The number of carbonyl (C=O) groups is 2. The van der Waals surface area contributed by atoms with Crippen LogP contribution in [0, 0.1) is 0 Å². The molecular formula is C30H22N2O12S3. The molecule has 0 bridgehead atoms. The summed E-state index contributed by atoms with van der Waals surface area (Å²) in [5.74, 6) is -1.24. The van der Waals surface area contributed by atoms with E-state index in [1.165, 1.54) is 48.0 Å². The molecule has 0 spiro atoms. The van der Waals surface area contributed by atoms with Crippen molar-refractivity contribution in [3.05, 3.63) is 111 Å². The first-order chi connectivity index (χ1) is 22.2. The average Bonchev–Trinajstić information content (AvgIpc) is 3.03. The van der Waals surface area contributed by atoms with Crippen molar-refractivity contribution in [3.63, 3.8) is 0 Å². The van der Waals surface area contributed by atoms with Crippen LogP contribution in [-0.2, 0) is 36.7 Å². The van der Waals surface area contributed by atoms with Gasteiger partial charge in [0.2, 0.25) is 0 Å². The number of pyridine rings is 1. The third-order valence-corrected chi connectivity index (χ3v) is 9.83. The fraction of sp³-hybridized carbons (Fsp3) is 0.0333. The third kappa shape index (κ3) is 5.64. The Morgan fingerprint density at radius 3 is 2.23 bits per heavy atom. The molecule has 0 radical (unpaired) electrons. The largest absolute Gasteiger partial charge is 0.354 e. The highest BCUT2D eigenvalue weighted by Gasteiger charge is 2.34. The van der Waals surface area contributed by atoms with Crippen molar-refractivity contribution in [1.29, 1.82) is 0 Å². The third-order valence-electron chi connectivity index (χ3n) is 7.51. The van der Waals surface area contributed by atoms with Crippen LogP contribution in [0.1, 0.15) is 33.3 Å². The standard InChI is InChI=1S/C30H20N2O12S3.H2/c1-32-22-12-11-21(31-20-10-9-17(46(37,38)39)14-23(20)47(40,41)42)25-26(22)24(18-7-2-3-8-19(18)29(25)34)27(30(32)35)28(33)15-5-4-6-16(13-15)45-44-43-36;/h2-14,31,36H,1H3,(H,37,38,39)(H,40,41,42);1H. The number of rotatable bonds is 9. The van der Waals surface area contributed by atoms with E-state index in [9.17, 15) is 40.3 Å². The van der Waals surface area contributed by atoms with E-state index in [1.807, 2.05) is 0 Å². The minimum absolute atomic E-state index is 0. The van der Waals surface area contributed by atoms with Gasteiger partial charge in [0, 0.05) is 35.4 Å². The lowest BCUT2D eigenvalue weighted by Gasteiger charge is -2.26. The van der Waals surface area contributed by atoms with Crippen molar-refractivity contribution < 1.29 is 51.6 Å². The number of hydrogen-bond donors (Lipinski definition) is 4. The van der Waals surface area contributed by atoms with Crippen LogP contribution in [0.2, 0.25) is 0 Å². The van der Waals surface area contributed by atoms with E-state index in [2.05, 4.69) is 14.7 Å². The fourth-order valence-electron chi connectivity index (χ4n) is 5.50. The summed E-state index contributed by atoms with van der Waals surface area (Å²) in [7, 11) is -8.51. The average molecular weight is 699 g/mol. The number of aryl methyl sites for hydroxylation is 1. The number of aromatic nitrogens is 1. The second kappa shape index (κ2) is 11.8. The summed E-state index contributed by atoms with van der Waals surface area (Å²) in [5.41, 5.74) is -0.408. The van der Waals surface area contributed by atoms with Gasteiger partial charge in [0.1, 0.15) is 4.90 Å². The lowest BCUT2D eigenvalue weighted by molar-refractivity contribution is -0.432. The van der Waals surface area contributed by atoms with Gasteiger partial charge >= 0.3 is 0 Å². The molecule has 0 atom stereocenters. The predicted octanol–water partition coefficient (Wildman–Crippen LogP) is 4.89. The minimum Gasteiger partial charge on any atom is -0.354 e. The minimum atomic E-state index is -5.07. The number of anilines is 2. The molecule has 4 N–H and O–H groups in total. The molecule has 0 amide bonds. The molecule has 242 valence electrons. The maximum absolute atomic E-state index is 14.1. The van der Waals surface area contributed by atoms with Crippen molar-refractivity contribution in [2.45, 2.75) is 14.7 Å². The van der Waals surface area contributed by atoms with Gasteiger partial charge in [-0.15, -0.1) is 4.33 Å². The summed E-state index contributed by atoms with van der Waals surface area (Å²) >= 11 is 0.609. The molecule has 4 aromatic carbocycles. The van der Waals surface area contributed by atoms with Gasteiger partial charge in [-0.1, -0.05) is 41.4 Å². The van der Waals surface area contributed by atoms with E-state index < -0.39 is 47.2 Å². The number of carbonyl (C=O) groups excluding carboxylic acids is 2. The number of ketones is 2. The van der Waals surface area contributed by atoms with Crippen LogP contribution in [0.15, 0.2) is 98.3 Å². The summed E-state index contributed by atoms with van der Waals surface area (Å²) in [6, 6.07) is 17.6. The van der Waals surface area contributed by atoms with Gasteiger partial charge in [-0.3, -0.25) is 23.5 Å². The molecule has 1 heterocycles. The van der Waals surface area contributed by atoms with Crippen molar-refractivity contribution >= 4 is 66.1 Å². The summed E-state index contributed by atoms with van der Waals surface area (Å²) < 4.78 is 72.9. The summed E-state index contributed by atoms with van der Waals surface area (Å²) in [6.07, 6.45) is 0. The number of nitrogens with one attached hydrogen (secondary N) is 1. The fourth-order valence-corrected chi connectivity index (χ4v) is 7.17. The molecule has 14 nitrogen and oxygen atoms in total. The SMILES string of the molecule is Cn1c(=O)c(C(=O)c2cccc(SOOO)c2)c2c3c(c(Nc4ccc(S(=O)(=O)O)cc4S(=O)(=O)O)ccc31)C(=O)c1ccccc1-2.[HH]. The lowest BCUT2D eigenvalue weighted by atomic mass is 9.80. The number of fused-ring (bicyclic) bond motifs is 2. The van der Waals surface area contributed by atoms with Crippen LogP contribution in [0.3, 0.4) is 0 Å². The number of nitrogens with zero attached hydrogens (tertiary/aromatic N) is 1. The lowest BCUT2D eigenvalue weighted by Crippen LogP contribution is -2.29. The topological polar surface area (TPSA) is 216 Å². The Morgan fingerprint density at radius 2 is 1.55 bits per heavy atom. The molecular weight excluding hydrogens is 677 g/mol. The second-order valence-electron chi connectivity index (χ2n) is 10.2. The molecule has 0 saturated carbocycles. The van der Waals surface area contributed by atoms with Crippen LogP contribution in [0.4, 0.5) is 11.4 Å². The zero-order valence-corrected chi connectivity index (χ0v) is 26.1. The van der Waals surface area contributed by atoms with Crippen LogP contribution < -0.4 is 10.9 Å². The first kappa shape index (κ1) is 32.2. The van der Waals surface area contributed by atoms with E-state index in [4.69, 9.17) is 5.26 Å². The summed E-state index contributed by atoms with van der Waals surface area (Å²) in [6.45, 7) is 0. The molecule has 0 fully saturated rings. The van der Waals surface area contributed by atoms with Gasteiger partial charge in [-0.05, 0) is 48.0 Å². The Balaban J connectivity index is 0.00000451. The van der Waals surface area contributed by atoms with Crippen LogP contribution in [0.5, 0.6) is 0 Å². The normalized spacial score (nSPS) is 12.6. The molecule has 0 aliphatic heterocycles. The Labute approximate surface area is 271 Å². The molecule has 17 heteroatoms. The van der Waals surface area contributed by atoms with Crippen molar-refractivity contribution in [3.8, 4) is 11.1 Å². The van der Waals surface area contributed by atoms with Crippen molar-refractivity contribution in [1.82, 2.24) is 4.57 Å². The van der Waals surface area contributed by atoms with Crippen LogP contribution >= 0.6 is 12.0 Å².